The third-order valence-electron chi connectivity index (χ3n) is 3.91. The van der Waals surface area contributed by atoms with Gasteiger partial charge in [-0.2, -0.15) is 5.10 Å². The van der Waals surface area contributed by atoms with Gasteiger partial charge in [0.25, 0.3) is 0 Å². The van der Waals surface area contributed by atoms with Gasteiger partial charge in [-0.05, 0) is 43.5 Å². The van der Waals surface area contributed by atoms with Gasteiger partial charge in [-0.3, -0.25) is 9.48 Å². The normalized spacial score (nSPS) is 14.8. The number of amides is 1. The minimum atomic E-state index is -0.0128. The molecule has 3 rings (SSSR count). The molecule has 1 fully saturated rings. The summed E-state index contributed by atoms with van der Waals surface area (Å²) in [6, 6.07) is 8.10. The zero-order valence-corrected chi connectivity index (χ0v) is 12.6. The maximum Gasteiger partial charge on any atom is 0.226 e. The van der Waals surface area contributed by atoms with Crippen LogP contribution < -0.4 is 10.2 Å². The number of hydrogen-bond acceptors (Lipinski definition) is 4. The zero-order valence-electron chi connectivity index (χ0n) is 12.6. The van der Waals surface area contributed by atoms with E-state index in [0.29, 0.717) is 13.0 Å². The molecule has 116 valence electrons. The zero-order chi connectivity index (χ0) is 15.2. The molecular formula is C16H21N5O. The van der Waals surface area contributed by atoms with Crippen molar-refractivity contribution in [2.45, 2.75) is 32.2 Å². The van der Waals surface area contributed by atoms with E-state index in [4.69, 9.17) is 0 Å². The number of benzene rings is 1. The van der Waals surface area contributed by atoms with E-state index in [1.165, 1.54) is 31.3 Å². The summed E-state index contributed by atoms with van der Waals surface area (Å²) < 4.78 is 1.65. The fourth-order valence-corrected chi connectivity index (χ4v) is 2.70. The molecule has 1 saturated heterocycles. The van der Waals surface area contributed by atoms with E-state index >= 15 is 0 Å². The van der Waals surface area contributed by atoms with Crippen molar-refractivity contribution < 1.29 is 4.79 Å². The summed E-state index contributed by atoms with van der Waals surface area (Å²) in [7, 11) is 0. The quantitative estimate of drug-likeness (QED) is 0.920. The summed E-state index contributed by atoms with van der Waals surface area (Å²) >= 11 is 0. The van der Waals surface area contributed by atoms with Crippen LogP contribution >= 0.6 is 0 Å². The minimum Gasteiger partial charge on any atom is -0.372 e. The maximum atomic E-state index is 11.9. The summed E-state index contributed by atoms with van der Waals surface area (Å²) in [4.78, 5) is 18.2. The van der Waals surface area contributed by atoms with Gasteiger partial charge in [0.2, 0.25) is 5.91 Å². The van der Waals surface area contributed by atoms with E-state index in [-0.39, 0.29) is 5.91 Å². The smallest absolute Gasteiger partial charge is 0.226 e. The van der Waals surface area contributed by atoms with Gasteiger partial charge in [0.1, 0.15) is 12.7 Å². The fourth-order valence-electron chi connectivity index (χ4n) is 2.70. The first kappa shape index (κ1) is 14.6. The first-order chi connectivity index (χ1) is 10.8. The molecule has 0 unspecified atom stereocenters. The predicted octanol–water partition coefficient (Wildman–Crippen LogP) is 2.30. The summed E-state index contributed by atoms with van der Waals surface area (Å²) in [5, 5.41) is 6.89. The largest absolute Gasteiger partial charge is 0.372 e. The summed E-state index contributed by atoms with van der Waals surface area (Å²) in [5.41, 5.74) is 2.07. The van der Waals surface area contributed by atoms with E-state index in [2.05, 4.69) is 32.4 Å². The number of carbonyl (C=O) groups excluding carboxylic acids is 1. The first-order valence-corrected chi connectivity index (χ1v) is 7.78. The van der Waals surface area contributed by atoms with Gasteiger partial charge in [-0.15, -0.1) is 0 Å². The van der Waals surface area contributed by atoms with E-state index in [9.17, 15) is 4.79 Å². The topological polar surface area (TPSA) is 63.1 Å². The van der Waals surface area contributed by atoms with E-state index in [1.807, 2.05) is 12.1 Å². The standard InChI is InChI=1S/C16H21N5O/c22-16(8-11-21-13-17-12-18-21)19-14-4-6-15(7-5-14)20-9-2-1-3-10-20/h4-7,12-13H,1-3,8-11H2,(H,19,22). The number of aryl methyl sites for hydroxylation is 1. The first-order valence-electron chi connectivity index (χ1n) is 7.78. The highest BCUT2D eigenvalue weighted by Crippen LogP contribution is 2.21. The van der Waals surface area contributed by atoms with Crippen molar-refractivity contribution in [1.82, 2.24) is 14.8 Å². The molecular weight excluding hydrogens is 278 g/mol. The lowest BCUT2D eigenvalue weighted by molar-refractivity contribution is -0.116. The molecule has 0 atom stereocenters. The molecule has 0 aliphatic carbocycles. The number of nitrogens with one attached hydrogen (secondary N) is 1. The Morgan fingerprint density at radius 3 is 2.59 bits per heavy atom. The maximum absolute atomic E-state index is 11.9. The Morgan fingerprint density at radius 2 is 1.91 bits per heavy atom. The predicted molar refractivity (Wildman–Crippen MR) is 85.8 cm³/mol. The molecule has 0 bridgehead atoms. The Hall–Kier alpha value is -2.37. The Balaban J connectivity index is 1.50. The van der Waals surface area contributed by atoms with Crippen LogP contribution in [0.15, 0.2) is 36.9 Å². The van der Waals surface area contributed by atoms with Crippen LogP contribution in [0.25, 0.3) is 0 Å². The molecule has 1 aromatic heterocycles. The lowest BCUT2D eigenvalue weighted by Crippen LogP contribution is -2.29. The molecule has 1 aliphatic heterocycles. The Morgan fingerprint density at radius 1 is 1.14 bits per heavy atom. The molecule has 1 amide bonds. The Labute approximate surface area is 130 Å². The van der Waals surface area contributed by atoms with Crippen molar-refractivity contribution >= 4 is 17.3 Å². The van der Waals surface area contributed by atoms with E-state index < -0.39 is 0 Å². The van der Waals surface area contributed by atoms with Gasteiger partial charge in [0.15, 0.2) is 0 Å². The van der Waals surface area contributed by atoms with Crippen LogP contribution in [-0.4, -0.2) is 33.8 Å². The number of rotatable bonds is 5. The van der Waals surface area contributed by atoms with Crippen molar-refractivity contribution in [1.29, 1.82) is 0 Å². The second-order valence-corrected chi connectivity index (χ2v) is 5.55. The lowest BCUT2D eigenvalue weighted by atomic mass is 10.1. The molecule has 0 saturated carbocycles. The average Bonchev–Trinajstić information content (AvgIpc) is 3.08. The lowest BCUT2D eigenvalue weighted by Gasteiger charge is -2.28. The minimum absolute atomic E-state index is 0.0128. The molecule has 6 nitrogen and oxygen atoms in total. The molecule has 0 radical (unpaired) electrons. The van der Waals surface area contributed by atoms with Crippen LogP contribution in [0.1, 0.15) is 25.7 Å². The summed E-state index contributed by atoms with van der Waals surface area (Å²) in [5.74, 6) is -0.0128. The van der Waals surface area contributed by atoms with Gasteiger partial charge in [0.05, 0.1) is 6.54 Å². The second kappa shape index (κ2) is 7.06. The van der Waals surface area contributed by atoms with Crippen LogP contribution in [0.3, 0.4) is 0 Å². The van der Waals surface area contributed by atoms with Gasteiger partial charge in [-0.1, -0.05) is 0 Å². The molecule has 2 aromatic rings. The highest BCUT2D eigenvalue weighted by atomic mass is 16.1. The highest BCUT2D eigenvalue weighted by Gasteiger charge is 2.10. The average molecular weight is 299 g/mol. The molecule has 22 heavy (non-hydrogen) atoms. The van der Waals surface area contributed by atoms with Crippen molar-refractivity contribution in [2.24, 2.45) is 0 Å². The molecule has 6 heteroatoms. The van der Waals surface area contributed by atoms with Crippen LogP contribution in [0.2, 0.25) is 0 Å². The van der Waals surface area contributed by atoms with Gasteiger partial charge in [0, 0.05) is 30.9 Å². The van der Waals surface area contributed by atoms with Crippen LogP contribution in [-0.2, 0) is 11.3 Å². The Bertz CT molecular complexity index is 588. The number of anilines is 2. The van der Waals surface area contributed by atoms with Crippen molar-refractivity contribution in [3.05, 3.63) is 36.9 Å². The van der Waals surface area contributed by atoms with Gasteiger partial charge < -0.3 is 10.2 Å². The number of hydrogen-bond donors (Lipinski definition) is 1. The third kappa shape index (κ3) is 3.84. The molecule has 2 heterocycles. The van der Waals surface area contributed by atoms with Crippen molar-refractivity contribution in [3.63, 3.8) is 0 Å². The van der Waals surface area contributed by atoms with Crippen molar-refractivity contribution in [2.75, 3.05) is 23.3 Å². The molecule has 1 N–H and O–H groups in total. The SMILES string of the molecule is O=C(CCn1cncn1)Nc1ccc(N2CCCCC2)cc1. The summed E-state index contributed by atoms with van der Waals surface area (Å²) in [6.45, 7) is 2.80. The van der Waals surface area contributed by atoms with Crippen LogP contribution in [0, 0.1) is 0 Å². The van der Waals surface area contributed by atoms with Gasteiger partial charge >= 0.3 is 0 Å². The summed E-state index contributed by atoms with van der Waals surface area (Å²) in [6.07, 6.45) is 7.33. The van der Waals surface area contributed by atoms with Crippen LogP contribution in [0.4, 0.5) is 11.4 Å². The monoisotopic (exact) mass is 299 g/mol. The Kier molecular flexibility index (Phi) is 4.68. The number of nitrogens with zero attached hydrogens (tertiary/aromatic N) is 4. The second-order valence-electron chi connectivity index (χ2n) is 5.55. The fraction of sp³-hybridized carbons (Fsp3) is 0.438. The van der Waals surface area contributed by atoms with Gasteiger partial charge in [-0.25, -0.2) is 4.98 Å². The molecule has 1 aliphatic rings. The number of piperidine rings is 1. The molecule has 1 aromatic carbocycles. The van der Waals surface area contributed by atoms with E-state index in [0.717, 1.165) is 18.8 Å². The number of aromatic nitrogens is 3. The number of carbonyl (C=O) groups is 1. The van der Waals surface area contributed by atoms with Crippen molar-refractivity contribution in [3.8, 4) is 0 Å². The highest BCUT2D eigenvalue weighted by molar-refractivity contribution is 5.90. The third-order valence-corrected chi connectivity index (χ3v) is 3.91. The van der Waals surface area contributed by atoms with Crippen LogP contribution in [0.5, 0.6) is 0 Å². The molecule has 0 spiro atoms. The van der Waals surface area contributed by atoms with E-state index in [1.54, 1.807) is 11.0 Å².